The van der Waals surface area contributed by atoms with Crippen LogP contribution in [-0.2, 0) is 11.4 Å². The molecule has 184 valence electrons. The number of amides is 1. The fourth-order valence-electron chi connectivity index (χ4n) is 3.72. The summed E-state index contributed by atoms with van der Waals surface area (Å²) in [6, 6.07) is 17.7. The lowest BCUT2D eigenvalue weighted by molar-refractivity contribution is -0.114. The first-order valence-electron chi connectivity index (χ1n) is 11.5. The van der Waals surface area contributed by atoms with Gasteiger partial charge in [-0.15, -0.1) is 0 Å². The van der Waals surface area contributed by atoms with Gasteiger partial charge in [0.05, 0.1) is 25.5 Å². The molecular formula is C26H31N5O3S. The van der Waals surface area contributed by atoms with E-state index in [4.69, 9.17) is 20.2 Å². The fraction of sp³-hybridized carbons (Fsp3) is 0.308. The number of nitrogens with two attached hydrogens (primary N) is 1. The number of benzene rings is 2. The predicted octanol–water partition coefficient (Wildman–Crippen LogP) is 3.47. The molecular weight excluding hydrogens is 462 g/mol. The van der Waals surface area contributed by atoms with E-state index in [1.807, 2.05) is 48.7 Å². The molecule has 3 aromatic rings. The fourth-order valence-corrected chi connectivity index (χ4v) is 4.63. The van der Waals surface area contributed by atoms with Gasteiger partial charge in [0.15, 0.2) is 5.75 Å². The Morgan fingerprint density at radius 1 is 1.11 bits per heavy atom. The number of rotatable bonds is 9. The molecule has 0 bridgehead atoms. The SMILES string of the molecule is COc1cc(NC(=O)CN)cc(Sc2ncc(N3CCN(C)CC3)cc2OCc2ccccc2)c1. The largest absolute Gasteiger partial charge is 0.497 e. The lowest BCUT2D eigenvalue weighted by Gasteiger charge is -2.34. The molecule has 1 aliphatic rings. The van der Waals surface area contributed by atoms with Crippen molar-refractivity contribution in [2.75, 3.05) is 57.1 Å². The summed E-state index contributed by atoms with van der Waals surface area (Å²) in [7, 11) is 3.73. The first-order valence-corrected chi connectivity index (χ1v) is 12.3. The van der Waals surface area contributed by atoms with Crippen LogP contribution in [0, 0.1) is 0 Å². The molecule has 1 aliphatic heterocycles. The number of piperazine rings is 1. The van der Waals surface area contributed by atoms with E-state index in [0.29, 0.717) is 23.8 Å². The standard InChI is InChI=1S/C26H31N5O3S/c1-30-8-10-31(11-9-30)21-14-24(34-18-19-6-4-3-5-7-19)26(28-17-21)35-23-13-20(29-25(32)16-27)12-22(15-23)33-2/h3-7,12-15,17H,8-11,16,18,27H2,1-2H3,(H,29,32). The maximum Gasteiger partial charge on any atom is 0.238 e. The van der Waals surface area contributed by atoms with Crippen LogP contribution in [0.1, 0.15) is 5.56 Å². The lowest BCUT2D eigenvalue weighted by Crippen LogP contribution is -2.44. The molecule has 0 aliphatic carbocycles. The number of carbonyl (C=O) groups excluding carboxylic acids is 1. The molecule has 1 aromatic heterocycles. The van der Waals surface area contributed by atoms with Crippen LogP contribution in [0.3, 0.4) is 0 Å². The molecule has 1 fully saturated rings. The van der Waals surface area contributed by atoms with Gasteiger partial charge in [-0.25, -0.2) is 4.98 Å². The quantitative estimate of drug-likeness (QED) is 0.468. The monoisotopic (exact) mass is 493 g/mol. The summed E-state index contributed by atoms with van der Waals surface area (Å²) in [6.07, 6.45) is 1.90. The van der Waals surface area contributed by atoms with Crippen molar-refractivity contribution in [1.29, 1.82) is 0 Å². The second kappa shape index (κ2) is 11.9. The Labute approximate surface area is 210 Å². The van der Waals surface area contributed by atoms with E-state index < -0.39 is 0 Å². The van der Waals surface area contributed by atoms with Gasteiger partial charge in [-0.3, -0.25) is 4.79 Å². The highest BCUT2D eigenvalue weighted by Gasteiger charge is 2.18. The molecule has 1 amide bonds. The molecule has 3 N–H and O–H groups in total. The molecule has 2 heterocycles. The molecule has 35 heavy (non-hydrogen) atoms. The number of pyridine rings is 1. The van der Waals surface area contributed by atoms with Crippen molar-refractivity contribution in [3.63, 3.8) is 0 Å². The van der Waals surface area contributed by atoms with Gasteiger partial charge in [0.2, 0.25) is 5.91 Å². The molecule has 0 saturated carbocycles. The number of hydrogen-bond donors (Lipinski definition) is 2. The number of methoxy groups -OCH3 is 1. The van der Waals surface area contributed by atoms with Gasteiger partial charge in [0.25, 0.3) is 0 Å². The zero-order valence-corrected chi connectivity index (χ0v) is 20.9. The zero-order chi connectivity index (χ0) is 24.6. The van der Waals surface area contributed by atoms with Crippen LogP contribution in [0.5, 0.6) is 11.5 Å². The van der Waals surface area contributed by atoms with Crippen LogP contribution in [0.2, 0.25) is 0 Å². The number of hydrogen-bond acceptors (Lipinski definition) is 8. The van der Waals surface area contributed by atoms with Gasteiger partial charge < -0.3 is 30.3 Å². The van der Waals surface area contributed by atoms with Gasteiger partial charge in [-0.05, 0) is 24.7 Å². The van der Waals surface area contributed by atoms with E-state index in [1.165, 1.54) is 11.8 Å². The summed E-state index contributed by atoms with van der Waals surface area (Å²) in [5, 5.41) is 3.53. The highest BCUT2D eigenvalue weighted by Crippen LogP contribution is 2.38. The van der Waals surface area contributed by atoms with Gasteiger partial charge in [-0.2, -0.15) is 0 Å². The van der Waals surface area contributed by atoms with Gasteiger partial charge >= 0.3 is 0 Å². The summed E-state index contributed by atoms with van der Waals surface area (Å²) in [6.45, 7) is 4.27. The highest BCUT2D eigenvalue weighted by atomic mass is 32.2. The topological polar surface area (TPSA) is 92.9 Å². The van der Waals surface area contributed by atoms with Crippen LogP contribution in [0.4, 0.5) is 11.4 Å². The second-order valence-electron chi connectivity index (χ2n) is 8.31. The van der Waals surface area contributed by atoms with Crippen molar-refractivity contribution in [3.8, 4) is 11.5 Å². The van der Waals surface area contributed by atoms with Gasteiger partial charge in [0, 0.05) is 48.9 Å². The minimum Gasteiger partial charge on any atom is -0.497 e. The minimum absolute atomic E-state index is 0.0908. The third-order valence-corrected chi connectivity index (χ3v) is 6.68. The first-order chi connectivity index (χ1) is 17.0. The maximum absolute atomic E-state index is 11.8. The van der Waals surface area contributed by atoms with E-state index in [-0.39, 0.29) is 12.5 Å². The third kappa shape index (κ3) is 6.88. The Balaban J connectivity index is 1.61. The summed E-state index contributed by atoms with van der Waals surface area (Å²) in [5.74, 6) is 1.07. The van der Waals surface area contributed by atoms with E-state index in [0.717, 1.165) is 47.4 Å². The Morgan fingerprint density at radius 2 is 1.89 bits per heavy atom. The first kappa shape index (κ1) is 24.8. The van der Waals surface area contributed by atoms with Crippen LogP contribution >= 0.6 is 11.8 Å². The predicted molar refractivity (Wildman–Crippen MR) is 140 cm³/mol. The van der Waals surface area contributed by atoms with E-state index >= 15 is 0 Å². The molecule has 4 rings (SSSR count). The van der Waals surface area contributed by atoms with Crippen molar-refractivity contribution in [1.82, 2.24) is 9.88 Å². The zero-order valence-electron chi connectivity index (χ0n) is 20.1. The molecule has 1 saturated heterocycles. The van der Waals surface area contributed by atoms with Crippen LogP contribution in [0.15, 0.2) is 70.7 Å². The molecule has 2 aromatic carbocycles. The Kier molecular flexibility index (Phi) is 8.46. The normalized spacial score (nSPS) is 14.0. The summed E-state index contributed by atoms with van der Waals surface area (Å²) >= 11 is 1.46. The van der Waals surface area contributed by atoms with Crippen LogP contribution in [-0.4, -0.2) is 62.7 Å². The maximum atomic E-state index is 11.8. The Bertz CT molecular complexity index is 1140. The molecule has 0 radical (unpaired) electrons. The van der Waals surface area contributed by atoms with E-state index in [2.05, 4.69) is 28.2 Å². The molecule has 8 nitrogen and oxygen atoms in total. The highest BCUT2D eigenvalue weighted by molar-refractivity contribution is 7.99. The number of nitrogens with one attached hydrogen (secondary N) is 1. The van der Waals surface area contributed by atoms with E-state index in [9.17, 15) is 4.79 Å². The summed E-state index contributed by atoms with van der Waals surface area (Å²) < 4.78 is 11.7. The smallest absolute Gasteiger partial charge is 0.238 e. The van der Waals surface area contributed by atoms with Crippen molar-refractivity contribution >= 4 is 29.0 Å². The average Bonchev–Trinajstić information content (AvgIpc) is 2.89. The van der Waals surface area contributed by atoms with Crippen molar-refractivity contribution < 1.29 is 14.3 Å². The Hall–Kier alpha value is -3.27. The lowest BCUT2D eigenvalue weighted by atomic mass is 10.2. The number of ether oxygens (including phenoxy) is 2. The number of likely N-dealkylation sites (N-methyl/N-ethyl adjacent to an activating group) is 1. The van der Waals surface area contributed by atoms with Crippen molar-refractivity contribution in [3.05, 3.63) is 66.4 Å². The van der Waals surface area contributed by atoms with Gasteiger partial charge in [-0.1, -0.05) is 42.1 Å². The molecule has 0 unspecified atom stereocenters. The van der Waals surface area contributed by atoms with Crippen LogP contribution < -0.4 is 25.4 Å². The number of nitrogens with zero attached hydrogens (tertiary/aromatic N) is 3. The number of aromatic nitrogens is 1. The average molecular weight is 494 g/mol. The molecule has 0 spiro atoms. The van der Waals surface area contributed by atoms with Crippen molar-refractivity contribution in [2.45, 2.75) is 16.5 Å². The molecule has 9 heteroatoms. The minimum atomic E-state index is -0.268. The Morgan fingerprint density at radius 3 is 2.60 bits per heavy atom. The van der Waals surface area contributed by atoms with E-state index in [1.54, 1.807) is 13.2 Å². The third-order valence-electron chi connectivity index (χ3n) is 5.71. The van der Waals surface area contributed by atoms with Crippen LogP contribution in [0.25, 0.3) is 0 Å². The second-order valence-corrected chi connectivity index (χ2v) is 9.38. The van der Waals surface area contributed by atoms with Gasteiger partial charge in [0.1, 0.15) is 17.4 Å². The molecule has 0 atom stereocenters. The number of carbonyl (C=O) groups is 1. The van der Waals surface area contributed by atoms with Crippen molar-refractivity contribution in [2.24, 2.45) is 5.73 Å². The summed E-state index contributed by atoms with van der Waals surface area (Å²) in [4.78, 5) is 22.1. The summed E-state index contributed by atoms with van der Waals surface area (Å²) in [5.41, 5.74) is 8.20. The number of anilines is 2.